The van der Waals surface area contributed by atoms with Gasteiger partial charge in [0.25, 0.3) is 0 Å². The lowest BCUT2D eigenvalue weighted by atomic mass is 10.3. The van der Waals surface area contributed by atoms with E-state index < -0.39 is 6.10 Å². The molecule has 0 saturated carbocycles. The van der Waals surface area contributed by atoms with Crippen LogP contribution in [0.25, 0.3) is 0 Å². The quantitative estimate of drug-likeness (QED) is 0.453. The van der Waals surface area contributed by atoms with E-state index in [-0.39, 0.29) is 22.9 Å². The molecule has 0 heterocycles. The first kappa shape index (κ1) is 17.2. The van der Waals surface area contributed by atoms with Gasteiger partial charge in [-0.05, 0) is 9.72 Å². The fourth-order valence-electron chi connectivity index (χ4n) is 1.60. The molecule has 0 aliphatic rings. The highest BCUT2D eigenvalue weighted by atomic mass is 16.7. The number of hydrogen-bond acceptors (Lipinski definition) is 7. The van der Waals surface area contributed by atoms with Gasteiger partial charge in [-0.25, -0.2) is 0 Å². The van der Waals surface area contributed by atoms with Crippen LogP contribution in [0.2, 0.25) is 0 Å². The molecule has 126 valence electrons. The molecule has 0 spiro atoms. The van der Waals surface area contributed by atoms with Crippen LogP contribution in [-0.4, -0.2) is 34.1 Å². The van der Waals surface area contributed by atoms with E-state index in [4.69, 9.17) is 9.68 Å². The largest absolute Gasteiger partial charge is 0.592 e. The average Bonchev–Trinajstić information content (AvgIpc) is 2.63. The average molecular weight is 332 g/mol. The Morgan fingerprint density at radius 1 is 0.792 bits per heavy atom. The lowest BCUT2D eigenvalue weighted by Gasteiger charge is -2.06. The molecule has 0 radical (unpaired) electrons. The van der Waals surface area contributed by atoms with Gasteiger partial charge in [0, 0.05) is 24.3 Å². The summed E-state index contributed by atoms with van der Waals surface area (Å²) in [5, 5.41) is 39.2. The summed E-state index contributed by atoms with van der Waals surface area (Å²) in [6.45, 7) is -0.573. The van der Waals surface area contributed by atoms with Gasteiger partial charge in [-0.15, -0.1) is 0 Å². The molecule has 0 unspecified atom stereocenters. The van der Waals surface area contributed by atoms with Crippen molar-refractivity contribution in [2.24, 2.45) is 10.6 Å². The van der Waals surface area contributed by atoms with Gasteiger partial charge in [0.2, 0.25) is 21.9 Å². The first-order valence-electron chi connectivity index (χ1n) is 7.05. The van der Waals surface area contributed by atoms with Crippen LogP contribution in [0.3, 0.4) is 0 Å². The molecule has 1 N–H and O–H groups in total. The first-order chi connectivity index (χ1) is 11.7. The van der Waals surface area contributed by atoms with Crippen molar-refractivity contribution in [3.63, 3.8) is 0 Å². The second kappa shape index (κ2) is 9.06. The topological polar surface area (TPSA) is 116 Å². The summed E-state index contributed by atoms with van der Waals surface area (Å²) in [6.07, 6.45) is -1.11. The van der Waals surface area contributed by atoms with Crippen LogP contribution in [0.5, 0.6) is 0 Å². The molecule has 9 heteroatoms. The monoisotopic (exact) mass is 332 g/mol. The van der Waals surface area contributed by atoms with Crippen molar-refractivity contribution in [3.05, 3.63) is 71.1 Å². The highest BCUT2D eigenvalue weighted by molar-refractivity contribution is 5.28. The number of aliphatic hydroxyl groups is 1. The van der Waals surface area contributed by atoms with Crippen molar-refractivity contribution in [2.45, 2.75) is 6.10 Å². The van der Waals surface area contributed by atoms with Crippen LogP contribution in [-0.2, 0) is 9.68 Å². The molecule has 2 aromatic carbocycles. The zero-order valence-corrected chi connectivity index (χ0v) is 12.6. The summed E-state index contributed by atoms with van der Waals surface area (Å²) in [5.41, 5.74) is 0.589. The van der Waals surface area contributed by atoms with Crippen LogP contribution in [0.15, 0.2) is 71.2 Å². The Balaban J connectivity index is 1.73. The second-order valence-electron chi connectivity index (χ2n) is 4.63. The Labute approximate surface area is 137 Å². The number of para-hydroxylation sites is 2. The molecule has 0 aliphatic carbocycles. The van der Waals surface area contributed by atoms with Crippen LogP contribution in [0.1, 0.15) is 0 Å². The molecule has 9 nitrogen and oxygen atoms in total. The standard InChI is InChI=1S/C15H16N4O5/c20-15(11-23-16-18(21)13-7-3-1-4-8-13)12-24-17-19(22)14-9-5-2-6-10-14/h1-10,15,20H,11-12H2/b18-16-,19-17-. The van der Waals surface area contributed by atoms with E-state index in [1.54, 1.807) is 60.7 Å². The van der Waals surface area contributed by atoms with Crippen LogP contribution in [0, 0.1) is 10.4 Å². The summed E-state index contributed by atoms with van der Waals surface area (Å²) in [6, 6.07) is 16.5. The smallest absolute Gasteiger partial charge is 0.248 e. The van der Waals surface area contributed by atoms with Crippen molar-refractivity contribution >= 4 is 11.4 Å². The highest BCUT2D eigenvalue weighted by Crippen LogP contribution is 2.10. The lowest BCUT2D eigenvalue weighted by molar-refractivity contribution is -0.482. The summed E-state index contributed by atoms with van der Waals surface area (Å²) in [5.74, 6) is 0. The fourth-order valence-corrected chi connectivity index (χ4v) is 1.60. The van der Waals surface area contributed by atoms with Gasteiger partial charge in [-0.3, -0.25) is 0 Å². The molecular weight excluding hydrogens is 316 g/mol. The van der Waals surface area contributed by atoms with E-state index in [0.717, 1.165) is 0 Å². The summed E-state index contributed by atoms with van der Waals surface area (Å²) in [4.78, 5) is 10.0. The molecule has 24 heavy (non-hydrogen) atoms. The van der Waals surface area contributed by atoms with E-state index in [1.165, 1.54) is 0 Å². The van der Waals surface area contributed by atoms with Crippen LogP contribution < -0.4 is 0 Å². The van der Waals surface area contributed by atoms with E-state index in [2.05, 4.69) is 10.6 Å². The molecule has 0 atom stereocenters. The third-order valence-electron chi connectivity index (χ3n) is 2.75. The van der Waals surface area contributed by atoms with Gasteiger partial charge in [-0.2, -0.15) is 0 Å². The molecule has 0 bridgehead atoms. The number of aliphatic hydroxyl groups excluding tert-OH is 1. The zero-order chi connectivity index (χ0) is 17.2. The maximum absolute atomic E-state index is 11.5. The summed E-state index contributed by atoms with van der Waals surface area (Å²) < 4.78 is 0. The number of nitrogens with zero attached hydrogens (tertiary/aromatic N) is 4. The number of hydrogen-bond donors (Lipinski definition) is 1. The highest BCUT2D eigenvalue weighted by Gasteiger charge is 2.09. The lowest BCUT2D eigenvalue weighted by Crippen LogP contribution is -2.20. The fraction of sp³-hybridized carbons (Fsp3) is 0.200. The molecule has 0 fully saturated rings. The summed E-state index contributed by atoms with van der Waals surface area (Å²) in [7, 11) is 0. The van der Waals surface area contributed by atoms with E-state index in [1.807, 2.05) is 0 Å². The number of benzene rings is 2. The van der Waals surface area contributed by atoms with E-state index >= 15 is 0 Å². The summed E-state index contributed by atoms with van der Waals surface area (Å²) >= 11 is 0. The van der Waals surface area contributed by atoms with Crippen LogP contribution in [0.4, 0.5) is 11.4 Å². The van der Waals surface area contributed by atoms with Crippen molar-refractivity contribution in [1.29, 1.82) is 0 Å². The predicted octanol–water partition coefficient (Wildman–Crippen LogP) is 2.80. The minimum absolute atomic E-state index is 0.284. The second-order valence-corrected chi connectivity index (χ2v) is 4.63. The maximum Gasteiger partial charge on any atom is 0.248 e. The van der Waals surface area contributed by atoms with Crippen molar-refractivity contribution in [3.8, 4) is 0 Å². The molecule has 0 amide bonds. The van der Waals surface area contributed by atoms with Crippen molar-refractivity contribution in [1.82, 2.24) is 0 Å². The van der Waals surface area contributed by atoms with E-state index in [0.29, 0.717) is 11.4 Å². The number of rotatable bonds is 8. The molecule has 2 rings (SSSR count). The molecule has 0 aliphatic heterocycles. The Hall–Kier alpha value is -3.20. The SMILES string of the molecule is [O-]/[N+](=N\OCC(O)CO/N=[N+](\[O-])c1ccccc1)c1ccccc1. The normalized spacial score (nSPS) is 12.2. The minimum Gasteiger partial charge on any atom is -0.592 e. The minimum atomic E-state index is -1.11. The molecule has 0 saturated heterocycles. The Kier molecular flexibility index (Phi) is 6.47. The van der Waals surface area contributed by atoms with Crippen molar-refractivity contribution < 1.29 is 24.5 Å². The van der Waals surface area contributed by atoms with Gasteiger partial charge in [0.15, 0.2) is 13.2 Å². The molecular formula is C15H16N4O5. The molecule has 2 aromatic rings. The van der Waals surface area contributed by atoms with Crippen LogP contribution >= 0.6 is 0 Å². The van der Waals surface area contributed by atoms with Crippen molar-refractivity contribution in [2.75, 3.05) is 13.2 Å². The predicted molar refractivity (Wildman–Crippen MR) is 82.2 cm³/mol. The maximum atomic E-state index is 11.5. The third-order valence-corrected chi connectivity index (χ3v) is 2.75. The zero-order valence-electron chi connectivity index (χ0n) is 12.6. The Morgan fingerprint density at radius 3 is 1.54 bits per heavy atom. The van der Waals surface area contributed by atoms with E-state index in [9.17, 15) is 15.5 Å². The third kappa shape index (κ3) is 5.54. The molecule has 0 aromatic heterocycles. The Morgan fingerprint density at radius 2 is 1.17 bits per heavy atom. The van der Waals surface area contributed by atoms with Gasteiger partial charge in [0.05, 0.1) is 0 Å². The van der Waals surface area contributed by atoms with Gasteiger partial charge < -0.3 is 25.2 Å². The Bertz CT molecular complexity index is 619. The van der Waals surface area contributed by atoms with Gasteiger partial charge in [-0.1, -0.05) is 36.4 Å². The first-order valence-corrected chi connectivity index (χ1v) is 7.05. The van der Waals surface area contributed by atoms with Gasteiger partial charge in [0.1, 0.15) is 6.10 Å². The van der Waals surface area contributed by atoms with Gasteiger partial charge >= 0.3 is 0 Å².